The molecule has 0 spiro atoms. The molecule has 1 aromatic carbocycles. The molecule has 0 radical (unpaired) electrons. The lowest BCUT2D eigenvalue weighted by molar-refractivity contribution is 0.0628. The Morgan fingerprint density at radius 3 is 2.68 bits per heavy atom. The Balaban J connectivity index is 1.85. The summed E-state index contributed by atoms with van der Waals surface area (Å²) in [6, 6.07) is 8.25. The summed E-state index contributed by atoms with van der Waals surface area (Å²) in [5, 5.41) is 11.2. The van der Waals surface area contributed by atoms with Crippen molar-refractivity contribution in [3.63, 3.8) is 0 Å². The molecule has 2 nitrogen and oxygen atoms in total. The average molecular weight is 324 g/mol. The summed E-state index contributed by atoms with van der Waals surface area (Å²) in [5.41, 5.74) is 0.972. The van der Waals surface area contributed by atoms with Crippen molar-refractivity contribution in [2.24, 2.45) is 0 Å². The normalized spacial score (nSPS) is 21.0. The highest BCUT2D eigenvalue weighted by atomic mass is 35.5. The largest absolute Gasteiger partial charge is 0.387 e. The van der Waals surface area contributed by atoms with Gasteiger partial charge in [0.15, 0.2) is 0 Å². The van der Waals surface area contributed by atoms with Gasteiger partial charge >= 0.3 is 0 Å². The van der Waals surface area contributed by atoms with Crippen molar-refractivity contribution in [3.8, 4) is 0 Å². The molecule has 1 heterocycles. The van der Waals surface area contributed by atoms with Crippen LogP contribution in [0.5, 0.6) is 0 Å². The molecule has 124 valence electrons. The van der Waals surface area contributed by atoms with Crippen LogP contribution in [-0.4, -0.2) is 29.1 Å². The Kier molecular flexibility index (Phi) is 7.71. The van der Waals surface area contributed by atoms with Crippen molar-refractivity contribution in [2.45, 2.75) is 70.4 Å². The van der Waals surface area contributed by atoms with E-state index in [1.54, 1.807) is 0 Å². The summed E-state index contributed by atoms with van der Waals surface area (Å²) in [6.07, 6.45) is 10.1. The van der Waals surface area contributed by atoms with Gasteiger partial charge in [-0.3, -0.25) is 4.90 Å². The van der Waals surface area contributed by atoms with Gasteiger partial charge < -0.3 is 5.11 Å². The van der Waals surface area contributed by atoms with Crippen LogP contribution in [0.15, 0.2) is 24.3 Å². The van der Waals surface area contributed by atoms with Crippen molar-refractivity contribution < 1.29 is 5.11 Å². The monoisotopic (exact) mass is 323 g/mol. The fourth-order valence-electron chi connectivity index (χ4n) is 3.45. The number of unbranched alkanes of at least 4 members (excludes halogenated alkanes) is 3. The molecule has 1 saturated heterocycles. The van der Waals surface area contributed by atoms with Crippen LogP contribution in [0.3, 0.4) is 0 Å². The Morgan fingerprint density at radius 1 is 1.18 bits per heavy atom. The third-order valence-corrected chi connectivity index (χ3v) is 5.05. The summed E-state index contributed by atoms with van der Waals surface area (Å²) in [7, 11) is 0. The van der Waals surface area contributed by atoms with Gasteiger partial charge in [0, 0.05) is 17.6 Å². The molecule has 1 aliphatic heterocycles. The van der Waals surface area contributed by atoms with Gasteiger partial charge in [-0.05, 0) is 43.5 Å². The highest BCUT2D eigenvalue weighted by Crippen LogP contribution is 2.25. The molecule has 3 heteroatoms. The molecule has 2 atom stereocenters. The van der Waals surface area contributed by atoms with E-state index in [9.17, 15) is 5.11 Å². The van der Waals surface area contributed by atoms with Gasteiger partial charge in [0.05, 0.1) is 6.10 Å². The Labute approximate surface area is 140 Å². The second-order valence-corrected chi connectivity index (χ2v) is 7.00. The van der Waals surface area contributed by atoms with E-state index in [4.69, 9.17) is 11.6 Å². The minimum absolute atomic E-state index is 0.409. The summed E-state index contributed by atoms with van der Waals surface area (Å²) < 4.78 is 0. The lowest BCUT2D eigenvalue weighted by Crippen LogP contribution is -2.41. The Morgan fingerprint density at radius 2 is 1.95 bits per heavy atom. The maximum Gasteiger partial charge on any atom is 0.0917 e. The van der Waals surface area contributed by atoms with E-state index in [1.165, 1.54) is 51.4 Å². The fraction of sp³-hybridized carbons (Fsp3) is 0.684. The highest BCUT2D eigenvalue weighted by Gasteiger charge is 2.24. The number of likely N-dealkylation sites (tertiary alicyclic amines) is 1. The molecule has 0 aromatic heterocycles. The zero-order chi connectivity index (χ0) is 15.8. The molecule has 0 bridgehead atoms. The number of halogens is 1. The van der Waals surface area contributed by atoms with E-state index >= 15 is 0 Å². The van der Waals surface area contributed by atoms with Crippen molar-refractivity contribution >= 4 is 11.6 Å². The quantitative estimate of drug-likeness (QED) is 0.665. The first kappa shape index (κ1) is 17.8. The van der Waals surface area contributed by atoms with E-state index in [0.29, 0.717) is 6.04 Å². The van der Waals surface area contributed by atoms with Crippen LogP contribution in [0.25, 0.3) is 0 Å². The van der Waals surface area contributed by atoms with Gasteiger partial charge in [-0.15, -0.1) is 0 Å². The van der Waals surface area contributed by atoms with Crippen molar-refractivity contribution in [1.82, 2.24) is 4.90 Å². The second kappa shape index (κ2) is 9.54. The van der Waals surface area contributed by atoms with Crippen molar-refractivity contribution in [3.05, 3.63) is 34.9 Å². The van der Waals surface area contributed by atoms with E-state index in [2.05, 4.69) is 11.8 Å². The zero-order valence-corrected chi connectivity index (χ0v) is 14.6. The van der Waals surface area contributed by atoms with Crippen LogP contribution in [-0.2, 0) is 0 Å². The molecular formula is C19H30ClNO. The van der Waals surface area contributed by atoms with Crippen LogP contribution >= 0.6 is 11.6 Å². The van der Waals surface area contributed by atoms with E-state index in [1.807, 2.05) is 24.3 Å². The average Bonchev–Trinajstić information content (AvgIpc) is 2.53. The number of nitrogens with zero attached hydrogens (tertiary/aromatic N) is 1. The zero-order valence-electron chi connectivity index (χ0n) is 13.8. The molecule has 1 aliphatic rings. The Bertz CT molecular complexity index is 420. The standard InChI is InChI=1S/C19H30ClNO/c1-2-3-4-5-8-18-9-6-7-14-21(18)15-19(22)16-10-12-17(20)13-11-16/h10-13,18-19,22H,2-9,14-15H2,1H3/t18-,19-/m1/s1. The third kappa shape index (κ3) is 5.57. The second-order valence-electron chi connectivity index (χ2n) is 6.56. The van der Waals surface area contributed by atoms with Gasteiger partial charge in [0.2, 0.25) is 0 Å². The summed E-state index contributed by atoms with van der Waals surface area (Å²) in [4.78, 5) is 2.51. The van der Waals surface area contributed by atoms with Gasteiger partial charge in [-0.25, -0.2) is 0 Å². The van der Waals surface area contributed by atoms with Gasteiger partial charge in [0.25, 0.3) is 0 Å². The number of piperidine rings is 1. The smallest absolute Gasteiger partial charge is 0.0917 e. The van der Waals surface area contributed by atoms with Crippen molar-refractivity contribution in [2.75, 3.05) is 13.1 Å². The molecular weight excluding hydrogens is 294 g/mol. The van der Waals surface area contributed by atoms with E-state index < -0.39 is 6.10 Å². The molecule has 0 aliphatic carbocycles. The first-order valence-electron chi connectivity index (χ1n) is 8.88. The molecule has 0 saturated carbocycles. The summed E-state index contributed by atoms with van der Waals surface area (Å²) in [5.74, 6) is 0. The highest BCUT2D eigenvalue weighted by molar-refractivity contribution is 6.30. The van der Waals surface area contributed by atoms with Crippen LogP contribution in [0.2, 0.25) is 5.02 Å². The number of β-amino-alcohol motifs (C(OH)–C–C–N with tert-alkyl or cyclic N) is 1. The number of hydrogen-bond acceptors (Lipinski definition) is 2. The molecule has 22 heavy (non-hydrogen) atoms. The first-order chi connectivity index (χ1) is 10.7. The molecule has 2 rings (SSSR count). The van der Waals surface area contributed by atoms with E-state index in [-0.39, 0.29) is 0 Å². The minimum atomic E-state index is -0.409. The topological polar surface area (TPSA) is 23.5 Å². The summed E-state index contributed by atoms with van der Waals surface area (Å²) >= 11 is 5.92. The predicted molar refractivity (Wildman–Crippen MR) is 94.4 cm³/mol. The SMILES string of the molecule is CCCCCC[C@@H]1CCCCN1C[C@@H](O)c1ccc(Cl)cc1. The van der Waals surface area contributed by atoms with Crippen LogP contribution in [0.1, 0.15) is 70.0 Å². The number of rotatable bonds is 8. The van der Waals surface area contributed by atoms with Gasteiger partial charge in [-0.1, -0.05) is 62.8 Å². The molecule has 1 fully saturated rings. The molecule has 0 amide bonds. The minimum Gasteiger partial charge on any atom is -0.387 e. The lowest BCUT2D eigenvalue weighted by atomic mass is 9.95. The Hall–Kier alpha value is -0.570. The van der Waals surface area contributed by atoms with Crippen LogP contribution in [0, 0.1) is 0 Å². The maximum absolute atomic E-state index is 10.5. The van der Waals surface area contributed by atoms with E-state index in [0.717, 1.165) is 23.7 Å². The first-order valence-corrected chi connectivity index (χ1v) is 9.26. The number of benzene rings is 1. The fourth-order valence-corrected chi connectivity index (χ4v) is 3.57. The molecule has 1 aromatic rings. The van der Waals surface area contributed by atoms with Gasteiger partial charge in [-0.2, -0.15) is 0 Å². The number of aliphatic hydroxyl groups excluding tert-OH is 1. The number of aliphatic hydroxyl groups is 1. The predicted octanol–water partition coefficient (Wildman–Crippen LogP) is 5.20. The number of hydrogen-bond donors (Lipinski definition) is 1. The lowest BCUT2D eigenvalue weighted by Gasteiger charge is -2.37. The molecule has 1 N–H and O–H groups in total. The maximum atomic E-state index is 10.5. The van der Waals surface area contributed by atoms with Crippen LogP contribution in [0.4, 0.5) is 0 Å². The van der Waals surface area contributed by atoms with Gasteiger partial charge in [0.1, 0.15) is 0 Å². The molecule has 0 unspecified atom stereocenters. The summed E-state index contributed by atoms with van der Waals surface area (Å²) in [6.45, 7) is 4.14. The van der Waals surface area contributed by atoms with Crippen LogP contribution < -0.4 is 0 Å². The van der Waals surface area contributed by atoms with Crippen molar-refractivity contribution in [1.29, 1.82) is 0 Å². The third-order valence-electron chi connectivity index (χ3n) is 4.80.